The maximum Gasteiger partial charge on any atom is 0.149 e. The van der Waals surface area contributed by atoms with Gasteiger partial charge in [-0.2, -0.15) is 0 Å². The van der Waals surface area contributed by atoms with Crippen LogP contribution < -0.4 is 10.2 Å². The fourth-order valence-corrected chi connectivity index (χ4v) is 2.19. The lowest BCUT2D eigenvalue weighted by atomic mass is 9.86. The predicted molar refractivity (Wildman–Crippen MR) is 70.1 cm³/mol. The summed E-state index contributed by atoms with van der Waals surface area (Å²) in [6.45, 7) is 8.66. The first-order valence-electron chi connectivity index (χ1n) is 6.35. The van der Waals surface area contributed by atoms with E-state index in [1.54, 1.807) is 4.90 Å². The summed E-state index contributed by atoms with van der Waals surface area (Å²) in [5.74, 6) is -0.913. The first-order valence-corrected chi connectivity index (χ1v) is 6.35. The van der Waals surface area contributed by atoms with Crippen molar-refractivity contribution in [3.05, 3.63) is 29.3 Å². The Kier molecular flexibility index (Phi) is 3.57. The predicted octanol–water partition coefficient (Wildman–Crippen LogP) is 2.67. The Bertz CT molecular complexity index is 409. The fourth-order valence-electron chi connectivity index (χ4n) is 2.19. The van der Waals surface area contributed by atoms with Gasteiger partial charge in [0.05, 0.1) is 0 Å². The lowest BCUT2D eigenvalue weighted by molar-refractivity contribution is 0.522. The van der Waals surface area contributed by atoms with Crippen LogP contribution in [0.5, 0.6) is 0 Å². The molecule has 0 aliphatic carbocycles. The SMILES string of the molecule is CC(C)(C)c1cc(F)c(N2CCNCC2)c(F)c1. The van der Waals surface area contributed by atoms with E-state index in [9.17, 15) is 8.78 Å². The van der Waals surface area contributed by atoms with Gasteiger partial charge in [-0.15, -0.1) is 0 Å². The van der Waals surface area contributed by atoms with Crippen LogP contribution in [-0.4, -0.2) is 26.2 Å². The lowest BCUT2D eigenvalue weighted by Crippen LogP contribution is -2.44. The summed E-state index contributed by atoms with van der Waals surface area (Å²) < 4.78 is 28.2. The van der Waals surface area contributed by atoms with E-state index in [1.165, 1.54) is 12.1 Å². The summed E-state index contributed by atoms with van der Waals surface area (Å²) in [6, 6.07) is 2.92. The van der Waals surface area contributed by atoms with E-state index in [0.29, 0.717) is 18.7 Å². The molecule has 1 saturated heterocycles. The Morgan fingerprint density at radius 2 is 1.56 bits per heavy atom. The zero-order valence-electron chi connectivity index (χ0n) is 11.2. The highest BCUT2D eigenvalue weighted by Crippen LogP contribution is 2.30. The Balaban J connectivity index is 2.37. The molecule has 4 heteroatoms. The Morgan fingerprint density at radius 1 is 1.06 bits per heavy atom. The largest absolute Gasteiger partial charge is 0.364 e. The molecule has 0 atom stereocenters. The molecule has 0 radical (unpaired) electrons. The normalized spacial score (nSPS) is 17.1. The third kappa shape index (κ3) is 2.64. The zero-order chi connectivity index (χ0) is 13.3. The van der Waals surface area contributed by atoms with Gasteiger partial charge in [0, 0.05) is 26.2 Å². The number of piperazine rings is 1. The number of benzene rings is 1. The molecule has 0 aromatic heterocycles. The maximum atomic E-state index is 14.1. The van der Waals surface area contributed by atoms with Crippen LogP contribution in [0, 0.1) is 11.6 Å². The molecular formula is C14H20F2N2. The molecule has 0 unspecified atom stereocenters. The molecule has 0 amide bonds. The maximum absolute atomic E-state index is 14.1. The Labute approximate surface area is 107 Å². The molecule has 1 fully saturated rings. The molecule has 100 valence electrons. The van der Waals surface area contributed by atoms with Crippen LogP contribution in [-0.2, 0) is 5.41 Å². The zero-order valence-corrected chi connectivity index (χ0v) is 11.2. The molecule has 1 aromatic carbocycles. The highest BCUT2D eigenvalue weighted by Gasteiger charge is 2.23. The van der Waals surface area contributed by atoms with E-state index >= 15 is 0 Å². The van der Waals surface area contributed by atoms with Crippen molar-refractivity contribution in [2.24, 2.45) is 0 Å². The van der Waals surface area contributed by atoms with E-state index < -0.39 is 11.6 Å². The van der Waals surface area contributed by atoms with Crippen molar-refractivity contribution in [1.29, 1.82) is 0 Å². The van der Waals surface area contributed by atoms with Gasteiger partial charge in [-0.25, -0.2) is 8.78 Å². The van der Waals surface area contributed by atoms with Crippen LogP contribution in [0.4, 0.5) is 14.5 Å². The second-order valence-electron chi connectivity index (χ2n) is 5.78. The average molecular weight is 254 g/mol. The van der Waals surface area contributed by atoms with Crippen LogP contribution in [0.3, 0.4) is 0 Å². The minimum atomic E-state index is -0.457. The van der Waals surface area contributed by atoms with Gasteiger partial charge in [0.1, 0.15) is 17.3 Å². The average Bonchev–Trinajstić information content (AvgIpc) is 2.28. The van der Waals surface area contributed by atoms with Crippen molar-refractivity contribution in [2.75, 3.05) is 31.1 Å². The second-order valence-corrected chi connectivity index (χ2v) is 5.78. The molecule has 1 heterocycles. The summed E-state index contributed by atoms with van der Waals surface area (Å²) in [5, 5.41) is 3.17. The van der Waals surface area contributed by atoms with E-state index in [4.69, 9.17) is 0 Å². The molecule has 0 bridgehead atoms. The Morgan fingerprint density at radius 3 is 2.00 bits per heavy atom. The summed E-state index contributed by atoms with van der Waals surface area (Å²) in [6.07, 6.45) is 0. The van der Waals surface area contributed by atoms with E-state index in [2.05, 4.69) is 5.32 Å². The van der Waals surface area contributed by atoms with Crippen LogP contribution in [0.15, 0.2) is 12.1 Å². The van der Waals surface area contributed by atoms with Crippen LogP contribution in [0.1, 0.15) is 26.3 Å². The summed E-state index contributed by atoms with van der Waals surface area (Å²) in [7, 11) is 0. The first kappa shape index (κ1) is 13.3. The first-order chi connectivity index (χ1) is 8.39. The fraction of sp³-hybridized carbons (Fsp3) is 0.571. The number of hydrogen-bond donors (Lipinski definition) is 1. The molecule has 1 aromatic rings. The van der Waals surface area contributed by atoms with Crippen molar-refractivity contribution in [3.63, 3.8) is 0 Å². The number of rotatable bonds is 1. The van der Waals surface area contributed by atoms with E-state index in [1.807, 2.05) is 20.8 Å². The lowest BCUT2D eigenvalue weighted by Gasteiger charge is -2.31. The molecule has 2 rings (SSSR count). The summed E-state index contributed by atoms with van der Waals surface area (Å²) in [4.78, 5) is 1.77. The highest BCUT2D eigenvalue weighted by molar-refractivity contribution is 5.52. The Hall–Kier alpha value is -1.16. The summed E-state index contributed by atoms with van der Waals surface area (Å²) in [5.41, 5.74) is 0.560. The third-order valence-electron chi connectivity index (χ3n) is 3.32. The number of nitrogens with zero attached hydrogens (tertiary/aromatic N) is 1. The third-order valence-corrected chi connectivity index (χ3v) is 3.32. The van der Waals surface area contributed by atoms with Crippen molar-refractivity contribution in [3.8, 4) is 0 Å². The molecule has 0 saturated carbocycles. The van der Waals surface area contributed by atoms with Crippen LogP contribution >= 0.6 is 0 Å². The van der Waals surface area contributed by atoms with Gasteiger partial charge in [0.15, 0.2) is 0 Å². The van der Waals surface area contributed by atoms with Gasteiger partial charge in [-0.3, -0.25) is 0 Å². The minimum Gasteiger partial charge on any atom is -0.364 e. The quantitative estimate of drug-likeness (QED) is 0.829. The van der Waals surface area contributed by atoms with Crippen molar-refractivity contribution in [2.45, 2.75) is 26.2 Å². The van der Waals surface area contributed by atoms with E-state index in [-0.39, 0.29) is 11.1 Å². The van der Waals surface area contributed by atoms with Gasteiger partial charge in [-0.05, 0) is 23.1 Å². The van der Waals surface area contributed by atoms with Crippen molar-refractivity contribution >= 4 is 5.69 Å². The summed E-state index contributed by atoms with van der Waals surface area (Å²) >= 11 is 0. The monoisotopic (exact) mass is 254 g/mol. The molecular weight excluding hydrogens is 234 g/mol. The molecule has 0 spiro atoms. The van der Waals surface area contributed by atoms with Gasteiger partial charge < -0.3 is 10.2 Å². The number of hydrogen-bond acceptors (Lipinski definition) is 2. The van der Waals surface area contributed by atoms with Crippen molar-refractivity contribution < 1.29 is 8.78 Å². The van der Waals surface area contributed by atoms with Crippen LogP contribution in [0.25, 0.3) is 0 Å². The van der Waals surface area contributed by atoms with Crippen LogP contribution in [0.2, 0.25) is 0 Å². The van der Waals surface area contributed by atoms with Gasteiger partial charge in [0.2, 0.25) is 0 Å². The minimum absolute atomic E-state index is 0.115. The van der Waals surface area contributed by atoms with Gasteiger partial charge >= 0.3 is 0 Å². The molecule has 1 aliphatic rings. The standard InChI is InChI=1S/C14H20F2N2/c1-14(2,3)10-8-11(15)13(12(16)9-10)18-6-4-17-5-7-18/h8-9,17H,4-7H2,1-3H3. The van der Waals surface area contributed by atoms with E-state index in [0.717, 1.165) is 13.1 Å². The molecule has 2 nitrogen and oxygen atoms in total. The number of anilines is 1. The topological polar surface area (TPSA) is 15.3 Å². The smallest absolute Gasteiger partial charge is 0.149 e. The van der Waals surface area contributed by atoms with Crippen molar-refractivity contribution in [1.82, 2.24) is 5.32 Å². The second kappa shape index (κ2) is 4.84. The van der Waals surface area contributed by atoms with Gasteiger partial charge in [0.25, 0.3) is 0 Å². The highest BCUT2D eigenvalue weighted by atomic mass is 19.1. The number of nitrogens with one attached hydrogen (secondary N) is 1. The van der Waals surface area contributed by atoms with Gasteiger partial charge in [-0.1, -0.05) is 20.8 Å². The number of halogens is 2. The molecule has 18 heavy (non-hydrogen) atoms. The molecule has 1 aliphatic heterocycles. The molecule has 1 N–H and O–H groups in total.